The second-order valence-corrected chi connectivity index (χ2v) is 3.57. The molecule has 0 spiro atoms. The quantitative estimate of drug-likeness (QED) is 0.511. The van der Waals surface area contributed by atoms with Crippen molar-refractivity contribution in [3.05, 3.63) is 12.2 Å². The third kappa shape index (κ3) is 3.32. The zero-order chi connectivity index (χ0) is 10.4. The summed E-state index contributed by atoms with van der Waals surface area (Å²) in [6, 6.07) is 0. The Morgan fingerprint density at radius 2 is 2.36 bits per heavy atom. The van der Waals surface area contributed by atoms with Gasteiger partial charge in [0.25, 0.3) is 0 Å². The van der Waals surface area contributed by atoms with Crippen molar-refractivity contribution in [1.29, 1.82) is 0 Å². The number of carbonyl (C=O) groups excluding carboxylic acids is 2. The van der Waals surface area contributed by atoms with Gasteiger partial charge < -0.3 is 4.74 Å². The van der Waals surface area contributed by atoms with Gasteiger partial charge in [-0.3, -0.25) is 4.79 Å². The van der Waals surface area contributed by atoms with E-state index >= 15 is 0 Å². The summed E-state index contributed by atoms with van der Waals surface area (Å²) in [4.78, 5) is 22.1. The largest absolute Gasteiger partial charge is 0.466 e. The second-order valence-electron chi connectivity index (χ2n) is 3.57. The molecule has 3 heteroatoms. The molecule has 78 valence electrons. The molecule has 1 fully saturated rings. The molecule has 1 atom stereocenters. The molecule has 0 amide bonds. The van der Waals surface area contributed by atoms with Crippen molar-refractivity contribution in [1.82, 2.24) is 0 Å². The Labute approximate surface area is 84.1 Å². The van der Waals surface area contributed by atoms with Gasteiger partial charge in [0.2, 0.25) is 0 Å². The maximum atomic E-state index is 11.4. The first-order valence-electron chi connectivity index (χ1n) is 5.01. The summed E-state index contributed by atoms with van der Waals surface area (Å²) in [6.45, 7) is 0. The van der Waals surface area contributed by atoms with Crippen molar-refractivity contribution < 1.29 is 14.3 Å². The van der Waals surface area contributed by atoms with E-state index in [0.717, 1.165) is 19.3 Å². The minimum Gasteiger partial charge on any atom is -0.466 e. The number of allylic oxidation sites excluding steroid dienone is 1. The van der Waals surface area contributed by atoms with E-state index in [1.807, 2.05) is 0 Å². The van der Waals surface area contributed by atoms with Crippen LogP contribution in [0.1, 0.15) is 32.1 Å². The minimum absolute atomic E-state index is 0.129. The lowest BCUT2D eigenvalue weighted by Crippen LogP contribution is -2.18. The van der Waals surface area contributed by atoms with Crippen molar-refractivity contribution in [3.8, 4) is 0 Å². The Hall–Kier alpha value is -1.12. The molecule has 0 aliphatic heterocycles. The lowest BCUT2D eigenvalue weighted by Gasteiger charge is -2.18. The van der Waals surface area contributed by atoms with Gasteiger partial charge in [-0.05, 0) is 19.3 Å². The van der Waals surface area contributed by atoms with E-state index in [1.54, 1.807) is 6.08 Å². The van der Waals surface area contributed by atoms with Crippen molar-refractivity contribution in [2.24, 2.45) is 5.92 Å². The minimum atomic E-state index is -0.353. The van der Waals surface area contributed by atoms with E-state index in [9.17, 15) is 9.59 Å². The summed E-state index contributed by atoms with van der Waals surface area (Å²) >= 11 is 0. The Morgan fingerprint density at radius 1 is 1.57 bits per heavy atom. The topological polar surface area (TPSA) is 43.4 Å². The van der Waals surface area contributed by atoms with Gasteiger partial charge in [0.15, 0.2) is 0 Å². The van der Waals surface area contributed by atoms with Gasteiger partial charge in [0.05, 0.1) is 7.11 Å². The van der Waals surface area contributed by atoms with Crippen LogP contribution in [0.2, 0.25) is 0 Å². The number of hydrogen-bond acceptors (Lipinski definition) is 3. The van der Waals surface area contributed by atoms with Crippen LogP contribution in [-0.2, 0) is 14.3 Å². The first kappa shape index (κ1) is 11.0. The third-order valence-corrected chi connectivity index (χ3v) is 2.56. The highest BCUT2D eigenvalue weighted by Gasteiger charge is 2.20. The van der Waals surface area contributed by atoms with Crippen LogP contribution in [0.15, 0.2) is 12.2 Å². The van der Waals surface area contributed by atoms with Gasteiger partial charge in [-0.15, -0.1) is 0 Å². The van der Waals surface area contributed by atoms with E-state index < -0.39 is 0 Å². The number of rotatable bonds is 3. The molecular formula is C11H16O3. The Bertz CT molecular complexity index is 243. The Kier molecular flexibility index (Phi) is 4.36. The smallest absolute Gasteiger partial charge is 0.330 e. The zero-order valence-electron chi connectivity index (χ0n) is 8.49. The van der Waals surface area contributed by atoms with E-state index in [2.05, 4.69) is 4.74 Å². The molecule has 0 heterocycles. The highest BCUT2D eigenvalue weighted by Crippen LogP contribution is 2.23. The van der Waals surface area contributed by atoms with E-state index in [1.165, 1.54) is 13.2 Å². The number of Topliss-reactive ketones (excluding diaryl/α,β-unsaturated/α-hetero) is 1. The fourth-order valence-electron chi connectivity index (χ4n) is 1.70. The molecule has 1 rings (SSSR count). The fraction of sp³-hybridized carbons (Fsp3) is 0.636. The van der Waals surface area contributed by atoms with Crippen molar-refractivity contribution in [2.75, 3.05) is 7.11 Å². The first-order valence-corrected chi connectivity index (χ1v) is 5.01. The molecule has 3 nitrogen and oxygen atoms in total. The van der Waals surface area contributed by atoms with Gasteiger partial charge in [0.1, 0.15) is 5.78 Å². The van der Waals surface area contributed by atoms with Gasteiger partial charge in [-0.1, -0.05) is 12.5 Å². The summed E-state index contributed by atoms with van der Waals surface area (Å²) < 4.78 is 4.46. The van der Waals surface area contributed by atoms with E-state index in [4.69, 9.17) is 0 Å². The second kappa shape index (κ2) is 5.58. The van der Waals surface area contributed by atoms with Crippen LogP contribution < -0.4 is 0 Å². The van der Waals surface area contributed by atoms with Crippen LogP contribution in [0, 0.1) is 5.92 Å². The lowest BCUT2D eigenvalue weighted by atomic mass is 9.86. The normalized spacial score (nSPS) is 22.6. The van der Waals surface area contributed by atoms with Crippen LogP contribution in [0.3, 0.4) is 0 Å². The number of esters is 1. The van der Waals surface area contributed by atoms with E-state index in [-0.39, 0.29) is 11.9 Å². The maximum Gasteiger partial charge on any atom is 0.330 e. The molecule has 0 radical (unpaired) electrons. The average molecular weight is 196 g/mol. The van der Waals surface area contributed by atoms with Gasteiger partial charge >= 0.3 is 5.97 Å². The molecule has 14 heavy (non-hydrogen) atoms. The van der Waals surface area contributed by atoms with Crippen LogP contribution in [-0.4, -0.2) is 18.9 Å². The summed E-state index contributed by atoms with van der Waals surface area (Å²) in [5.74, 6) is 0.115. The van der Waals surface area contributed by atoms with Crippen molar-refractivity contribution in [2.45, 2.75) is 32.1 Å². The maximum absolute atomic E-state index is 11.4. The predicted octanol–water partition coefficient (Wildman–Crippen LogP) is 1.86. The molecule has 0 unspecified atom stereocenters. The van der Waals surface area contributed by atoms with Crippen molar-refractivity contribution >= 4 is 11.8 Å². The van der Waals surface area contributed by atoms with E-state index in [0.29, 0.717) is 18.6 Å². The van der Waals surface area contributed by atoms with Crippen LogP contribution in [0.4, 0.5) is 0 Å². The Morgan fingerprint density at radius 3 is 3.00 bits per heavy atom. The highest BCUT2D eigenvalue weighted by molar-refractivity contribution is 5.83. The molecule has 0 saturated heterocycles. The summed E-state index contributed by atoms with van der Waals surface area (Å²) in [6.07, 6.45) is 7.62. The molecule has 1 saturated carbocycles. The van der Waals surface area contributed by atoms with Gasteiger partial charge in [-0.2, -0.15) is 0 Å². The molecule has 0 N–H and O–H groups in total. The molecule has 0 aromatic rings. The zero-order valence-corrected chi connectivity index (χ0v) is 8.49. The van der Waals surface area contributed by atoms with Crippen LogP contribution in [0.25, 0.3) is 0 Å². The van der Waals surface area contributed by atoms with Crippen molar-refractivity contribution in [3.63, 3.8) is 0 Å². The molecule has 0 aromatic heterocycles. The lowest BCUT2D eigenvalue weighted by molar-refractivity contribution is -0.135. The molecule has 1 aliphatic rings. The highest BCUT2D eigenvalue weighted by atomic mass is 16.5. The standard InChI is InChI=1S/C11H16O3/c1-14-11(13)8-4-6-9-5-2-3-7-10(9)12/h4,8-9H,2-3,5-7H2,1H3/b8-4+/t9-/m0/s1. The predicted molar refractivity (Wildman–Crippen MR) is 52.7 cm³/mol. The fourth-order valence-corrected chi connectivity index (χ4v) is 1.70. The Balaban J connectivity index is 2.32. The molecule has 0 aromatic carbocycles. The van der Waals surface area contributed by atoms with Gasteiger partial charge in [-0.25, -0.2) is 4.79 Å². The number of ether oxygens (including phenoxy) is 1. The average Bonchev–Trinajstić information content (AvgIpc) is 2.20. The first-order chi connectivity index (χ1) is 6.74. The third-order valence-electron chi connectivity index (χ3n) is 2.56. The molecule has 0 bridgehead atoms. The summed E-state index contributed by atoms with van der Waals surface area (Å²) in [7, 11) is 1.35. The number of carbonyl (C=O) groups is 2. The summed E-state index contributed by atoms with van der Waals surface area (Å²) in [5.41, 5.74) is 0. The van der Waals surface area contributed by atoms with Crippen LogP contribution >= 0.6 is 0 Å². The molecule has 1 aliphatic carbocycles. The van der Waals surface area contributed by atoms with Crippen LogP contribution in [0.5, 0.6) is 0 Å². The number of hydrogen-bond donors (Lipinski definition) is 0. The number of methoxy groups -OCH3 is 1. The summed E-state index contributed by atoms with van der Waals surface area (Å²) in [5, 5.41) is 0. The monoisotopic (exact) mass is 196 g/mol. The SMILES string of the molecule is COC(=O)/C=C/C[C@@H]1CCCCC1=O. The number of ketones is 1. The molecular weight excluding hydrogens is 180 g/mol. The van der Waals surface area contributed by atoms with Gasteiger partial charge in [0, 0.05) is 18.4 Å².